The number of aromatic nitrogens is 2. The first-order valence-electron chi connectivity index (χ1n) is 12.3. The van der Waals surface area contributed by atoms with Gasteiger partial charge in [-0.05, 0) is 17.2 Å². The maximum atomic E-state index is 14.9. The summed E-state index contributed by atoms with van der Waals surface area (Å²) in [5.74, 6) is -2.21. The maximum absolute atomic E-state index is 14.9. The number of amides is 1. The molecular formula is C28H31ClF2N4O2. The molecule has 5 rings (SSSR count). The number of halogens is 3. The van der Waals surface area contributed by atoms with Crippen molar-refractivity contribution >= 4 is 24.1 Å². The van der Waals surface area contributed by atoms with Gasteiger partial charge in [0.15, 0.2) is 0 Å². The number of anilines is 1. The van der Waals surface area contributed by atoms with Gasteiger partial charge in [-0.3, -0.25) is 9.78 Å². The second kappa shape index (κ2) is 10.7. The average molecular weight is 529 g/mol. The van der Waals surface area contributed by atoms with Crippen molar-refractivity contribution in [1.82, 2.24) is 14.9 Å². The van der Waals surface area contributed by atoms with E-state index in [0.29, 0.717) is 37.6 Å². The van der Waals surface area contributed by atoms with Crippen LogP contribution in [0.3, 0.4) is 0 Å². The highest BCUT2D eigenvalue weighted by Gasteiger charge is 2.49. The Hall–Kier alpha value is -3.10. The maximum Gasteiger partial charge on any atom is 0.228 e. The molecule has 2 saturated heterocycles. The highest BCUT2D eigenvalue weighted by Crippen LogP contribution is 2.43. The molecular weight excluding hydrogens is 498 g/mol. The molecule has 2 aromatic carbocycles. The zero-order valence-corrected chi connectivity index (χ0v) is 21.6. The predicted octanol–water partition coefficient (Wildman–Crippen LogP) is 4.40. The van der Waals surface area contributed by atoms with Crippen LogP contribution >= 0.6 is 12.4 Å². The average Bonchev–Trinajstić information content (AvgIpc) is 3.32. The van der Waals surface area contributed by atoms with E-state index < -0.39 is 29.1 Å². The molecule has 2 aliphatic heterocycles. The smallest absolute Gasteiger partial charge is 0.228 e. The standard InChI is InChI=1S/C28H30F2N4O2.ClH/c1-18-14-34(15-19(2)28(18,36)20-6-4-3-5-7-20)27(35)24-17-33(26-13-31-10-11-32-26)16-23(24)22-9-8-21(29)12-25(22)30;/h3-13,18-19,23-24,36H,14-17H2,1-2H3;1H/t18-,19+,23-,24+,28?;/m0./s1. The number of benzene rings is 2. The third-order valence-electron chi connectivity index (χ3n) is 7.91. The molecule has 37 heavy (non-hydrogen) atoms. The van der Waals surface area contributed by atoms with Gasteiger partial charge in [-0.1, -0.05) is 50.2 Å². The van der Waals surface area contributed by atoms with Crippen molar-refractivity contribution in [3.63, 3.8) is 0 Å². The van der Waals surface area contributed by atoms with Gasteiger partial charge in [0.05, 0.1) is 17.7 Å². The Labute approximate surface area is 221 Å². The van der Waals surface area contributed by atoms with Gasteiger partial charge in [-0.2, -0.15) is 0 Å². The van der Waals surface area contributed by atoms with Gasteiger partial charge in [0.25, 0.3) is 0 Å². The van der Waals surface area contributed by atoms with Crippen molar-refractivity contribution in [3.8, 4) is 0 Å². The molecule has 196 valence electrons. The molecule has 1 aromatic heterocycles. The van der Waals surface area contributed by atoms with Crippen LogP contribution in [0.4, 0.5) is 14.6 Å². The third-order valence-corrected chi connectivity index (χ3v) is 7.91. The number of aliphatic hydroxyl groups is 1. The number of rotatable bonds is 4. The number of likely N-dealkylation sites (tertiary alicyclic amines) is 1. The lowest BCUT2D eigenvalue weighted by Crippen LogP contribution is -2.57. The summed E-state index contributed by atoms with van der Waals surface area (Å²) in [5.41, 5.74) is 0.111. The largest absolute Gasteiger partial charge is 0.384 e. The van der Waals surface area contributed by atoms with Crippen LogP contribution in [0.15, 0.2) is 67.1 Å². The minimum Gasteiger partial charge on any atom is -0.384 e. The molecule has 1 unspecified atom stereocenters. The number of hydrogen-bond acceptors (Lipinski definition) is 5. The third kappa shape index (κ3) is 4.92. The highest BCUT2D eigenvalue weighted by atomic mass is 35.5. The van der Waals surface area contributed by atoms with Gasteiger partial charge in [-0.25, -0.2) is 13.8 Å². The predicted molar refractivity (Wildman–Crippen MR) is 139 cm³/mol. The van der Waals surface area contributed by atoms with E-state index in [9.17, 15) is 18.7 Å². The second-order valence-electron chi connectivity index (χ2n) is 10.1. The van der Waals surface area contributed by atoms with Crippen LogP contribution in [0.2, 0.25) is 0 Å². The number of hydrogen-bond donors (Lipinski definition) is 1. The van der Waals surface area contributed by atoms with Crippen LogP contribution in [0.25, 0.3) is 0 Å². The topological polar surface area (TPSA) is 69.6 Å². The van der Waals surface area contributed by atoms with Gasteiger partial charge < -0.3 is 14.9 Å². The zero-order chi connectivity index (χ0) is 25.4. The van der Waals surface area contributed by atoms with E-state index >= 15 is 0 Å². The van der Waals surface area contributed by atoms with Gasteiger partial charge in [0, 0.05) is 62.4 Å². The first-order chi connectivity index (χ1) is 17.3. The van der Waals surface area contributed by atoms with E-state index in [1.807, 2.05) is 49.1 Å². The SMILES string of the molecule is C[C@@H]1CN(C(=O)[C@@H]2CN(c3cnccn3)C[C@H]2c2ccc(F)cc2F)C[C@H](C)C1(O)c1ccccc1.Cl. The minimum absolute atomic E-state index is 0. The van der Waals surface area contributed by atoms with E-state index in [1.54, 1.807) is 23.5 Å². The zero-order valence-electron chi connectivity index (χ0n) is 20.8. The summed E-state index contributed by atoms with van der Waals surface area (Å²) >= 11 is 0. The van der Waals surface area contributed by atoms with Crippen molar-refractivity contribution in [2.75, 3.05) is 31.1 Å². The van der Waals surface area contributed by atoms with Crippen molar-refractivity contribution in [3.05, 3.63) is 89.9 Å². The molecule has 0 radical (unpaired) electrons. The van der Waals surface area contributed by atoms with E-state index in [0.717, 1.165) is 11.6 Å². The monoisotopic (exact) mass is 528 g/mol. The number of carbonyl (C=O) groups is 1. The summed E-state index contributed by atoms with van der Waals surface area (Å²) in [6.45, 7) is 5.40. The Morgan fingerprint density at radius 2 is 1.70 bits per heavy atom. The molecule has 0 aliphatic carbocycles. The molecule has 0 spiro atoms. The van der Waals surface area contributed by atoms with Crippen molar-refractivity contribution < 1.29 is 18.7 Å². The first kappa shape index (κ1) is 26.9. The number of carbonyl (C=O) groups excluding carboxylic acids is 1. The van der Waals surface area contributed by atoms with E-state index in [4.69, 9.17) is 0 Å². The summed E-state index contributed by atoms with van der Waals surface area (Å²) in [5, 5.41) is 11.7. The van der Waals surface area contributed by atoms with Gasteiger partial charge in [0.2, 0.25) is 5.91 Å². The molecule has 2 fully saturated rings. The van der Waals surface area contributed by atoms with Gasteiger partial charge >= 0.3 is 0 Å². The summed E-state index contributed by atoms with van der Waals surface area (Å²) in [6, 6.07) is 13.1. The normalized spacial score (nSPS) is 27.6. The summed E-state index contributed by atoms with van der Waals surface area (Å²) in [6.07, 6.45) is 4.77. The minimum atomic E-state index is -1.05. The summed E-state index contributed by atoms with van der Waals surface area (Å²) < 4.78 is 28.5. The Bertz CT molecular complexity index is 1220. The molecule has 0 bridgehead atoms. The molecule has 9 heteroatoms. The molecule has 2 aliphatic rings. The van der Waals surface area contributed by atoms with Gasteiger partial charge in [0.1, 0.15) is 17.5 Å². The second-order valence-corrected chi connectivity index (χ2v) is 10.1. The number of piperidine rings is 1. The molecule has 6 nitrogen and oxygen atoms in total. The van der Waals surface area contributed by atoms with Crippen molar-refractivity contribution in [2.45, 2.75) is 25.4 Å². The fraction of sp³-hybridized carbons (Fsp3) is 0.393. The van der Waals surface area contributed by atoms with E-state index in [2.05, 4.69) is 9.97 Å². The lowest BCUT2D eigenvalue weighted by Gasteiger charge is -2.48. The van der Waals surface area contributed by atoms with Crippen LogP contribution in [0.1, 0.15) is 30.9 Å². The van der Waals surface area contributed by atoms with Crippen molar-refractivity contribution in [1.29, 1.82) is 0 Å². The fourth-order valence-corrected chi connectivity index (χ4v) is 6.00. The lowest BCUT2D eigenvalue weighted by atomic mass is 9.70. The summed E-state index contributed by atoms with van der Waals surface area (Å²) in [4.78, 5) is 26.2. The molecule has 3 heterocycles. The Morgan fingerprint density at radius 1 is 1.00 bits per heavy atom. The van der Waals surface area contributed by atoms with Crippen LogP contribution < -0.4 is 4.90 Å². The molecule has 1 amide bonds. The molecule has 5 atom stereocenters. The highest BCUT2D eigenvalue weighted by molar-refractivity contribution is 5.85. The van der Waals surface area contributed by atoms with Crippen LogP contribution in [-0.2, 0) is 10.4 Å². The quantitative estimate of drug-likeness (QED) is 0.543. The fourth-order valence-electron chi connectivity index (χ4n) is 6.00. The Morgan fingerprint density at radius 3 is 2.32 bits per heavy atom. The van der Waals surface area contributed by atoms with Crippen LogP contribution in [0, 0.1) is 29.4 Å². The first-order valence-corrected chi connectivity index (χ1v) is 12.3. The summed E-state index contributed by atoms with van der Waals surface area (Å²) in [7, 11) is 0. The van der Waals surface area contributed by atoms with E-state index in [-0.39, 0.29) is 30.2 Å². The van der Waals surface area contributed by atoms with Crippen molar-refractivity contribution in [2.24, 2.45) is 17.8 Å². The van der Waals surface area contributed by atoms with E-state index in [1.165, 1.54) is 12.1 Å². The Kier molecular flexibility index (Phi) is 7.80. The van der Waals surface area contributed by atoms with Crippen LogP contribution in [0.5, 0.6) is 0 Å². The Balaban J connectivity index is 0.00000320. The van der Waals surface area contributed by atoms with Crippen LogP contribution in [-0.4, -0.2) is 52.1 Å². The molecule has 3 aromatic rings. The lowest BCUT2D eigenvalue weighted by molar-refractivity contribution is -0.152. The molecule has 1 N–H and O–H groups in total. The molecule has 0 saturated carbocycles. The van der Waals surface area contributed by atoms with Gasteiger partial charge in [-0.15, -0.1) is 12.4 Å². The number of nitrogens with zero attached hydrogens (tertiary/aromatic N) is 4.